The van der Waals surface area contributed by atoms with Gasteiger partial charge in [-0.25, -0.2) is 0 Å². The Hall–Kier alpha value is -0.970. The van der Waals surface area contributed by atoms with Crippen molar-refractivity contribution in [2.24, 2.45) is 0 Å². The SMILES string of the molecule is CCNC(Cc1ccccc1Cl)c1csnn1. The molecule has 0 bridgehead atoms. The number of likely N-dealkylation sites (N-methyl/N-ethyl adjacent to an activating group) is 1. The van der Waals surface area contributed by atoms with Crippen LogP contribution in [0.2, 0.25) is 5.02 Å². The molecule has 0 amide bonds. The van der Waals surface area contributed by atoms with Gasteiger partial charge in [-0.2, -0.15) is 0 Å². The largest absolute Gasteiger partial charge is 0.309 e. The minimum atomic E-state index is 0.179. The number of rotatable bonds is 5. The van der Waals surface area contributed by atoms with Crippen LogP contribution in [0.4, 0.5) is 0 Å². The Morgan fingerprint density at radius 1 is 1.41 bits per heavy atom. The van der Waals surface area contributed by atoms with Crippen LogP contribution >= 0.6 is 23.1 Å². The highest BCUT2D eigenvalue weighted by Crippen LogP contribution is 2.22. The van der Waals surface area contributed by atoms with Crippen molar-refractivity contribution < 1.29 is 0 Å². The Morgan fingerprint density at radius 3 is 2.88 bits per heavy atom. The van der Waals surface area contributed by atoms with Gasteiger partial charge in [-0.05, 0) is 36.1 Å². The number of benzene rings is 1. The Morgan fingerprint density at radius 2 is 2.24 bits per heavy atom. The van der Waals surface area contributed by atoms with Crippen molar-refractivity contribution >= 4 is 23.1 Å². The average Bonchev–Trinajstić information content (AvgIpc) is 2.85. The molecule has 0 aliphatic rings. The van der Waals surface area contributed by atoms with Crippen LogP contribution in [-0.4, -0.2) is 16.1 Å². The Bertz CT molecular complexity index is 459. The minimum Gasteiger partial charge on any atom is -0.309 e. The molecule has 0 saturated heterocycles. The summed E-state index contributed by atoms with van der Waals surface area (Å²) in [4.78, 5) is 0. The van der Waals surface area contributed by atoms with Crippen LogP contribution in [0.15, 0.2) is 29.6 Å². The molecule has 1 unspecified atom stereocenters. The van der Waals surface area contributed by atoms with Crippen LogP contribution in [-0.2, 0) is 6.42 Å². The van der Waals surface area contributed by atoms with Gasteiger partial charge in [0, 0.05) is 10.4 Å². The van der Waals surface area contributed by atoms with E-state index in [0.717, 1.165) is 29.2 Å². The molecule has 0 saturated carbocycles. The minimum absolute atomic E-state index is 0.179. The summed E-state index contributed by atoms with van der Waals surface area (Å²) in [7, 11) is 0. The molecular weight excluding hydrogens is 254 g/mol. The van der Waals surface area contributed by atoms with Crippen molar-refractivity contribution in [2.45, 2.75) is 19.4 Å². The molecule has 0 fully saturated rings. The van der Waals surface area contributed by atoms with Crippen LogP contribution in [0.3, 0.4) is 0 Å². The van der Waals surface area contributed by atoms with Crippen molar-refractivity contribution in [1.29, 1.82) is 0 Å². The van der Waals surface area contributed by atoms with Gasteiger partial charge in [0.1, 0.15) is 0 Å². The van der Waals surface area contributed by atoms with E-state index in [4.69, 9.17) is 11.6 Å². The normalized spacial score (nSPS) is 12.6. The lowest BCUT2D eigenvalue weighted by molar-refractivity contribution is 0.535. The third-order valence-electron chi connectivity index (χ3n) is 2.57. The molecule has 1 atom stereocenters. The van der Waals surface area contributed by atoms with E-state index in [1.54, 1.807) is 0 Å². The predicted molar refractivity (Wildman–Crippen MR) is 71.5 cm³/mol. The first kappa shape index (κ1) is 12.5. The summed E-state index contributed by atoms with van der Waals surface area (Å²) < 4.78 is 3.91. The molecule has 0 spiro atoms. The second kappa shape index (κ2) is 6.10. The molecule has 1 aromatic heterocycles. The van der Waals surface area contributed by atoms with Gasteiger partial charge in [0.05, 0.1) is 11.7 Å². The number of hydrogen-bond acceptors (Lipinski definition) is 4. The average molecular weight is 268 g/mol. The van der Waals surface area contributed by atoms with Crippen LogP contribution in [0.5, 0.6) is 0 Å². The van der Waals surface area contributed by atoms with E-state index in [-0.39, 0.29) is 6.04 Å². The smallest absolute Gasteiger partial charge is 0.0928 e. The Balaban J connectivity index is 2.16. The van der Waals surface area contributed by atoms with E-state index in [2.05, 4.69) is 21.8 Å². The fourth-order valence-electron chi connectivity index (χ4n) is 1.74. The van der Waals surface area contributed by atoms with E-state index >= 15 is 0 Å². The molecule has 1 aromatic carbocycles. The lowest BCUT2D eigenvalue weighted by Crippen LogP contribution is -2.23. The molecule has 0 radical (unpaired) electrons. The van der Waals surface area contributed by atoms with E-state index < -0.39 is 0 Å². The summed E-state index contributed by atoms with van der Waals surface area (Å²) in [5.74, 6) is 0. The quantitative estimate of drug-likeness (QED) is 0.905. The first-order valence-electron chi connectivity index (χ1n) is 5.55. The van der Waals surface area contributed by atoms with Gasteiger partial charge in [0.2, 0.25) is 0 Å². The Kier molecular flexibility index (Phi) is 4.48. The van der Waals surface area contributed by atoms with Crippen LogP contribution in [0.1, 0.15) is 24.2 Å². The van der Waals surface area contributed by atoms with Crippen molar-refractivity contribution in [2.75, 3.05) is 6.54 Å². The number of halogens is 1. The molecule has 1 heterocycles. The van der Waals surface area contributed by atoms with Crippen LogP contribution in [0.25, 0.3) is 0 Å². The molecule has 17 heavy (non-hydrogen) atoms. The van der Waals surface area contributed by atoms with Gasteiger partial charge in [0.25, 0.3) is 0 Å². The molecule has 0 aliphatic heterocycles. The standard InChI is InChI=1S/C12H14ClN3S/c1-2-14-11(12-8-17-16-15-12)7-9-5-3-4-6-10(9)13/h3-6,8,11,14H,2,7H2,1H3. The Labute approximate surface area is 110 Å². The van der Waals surface area contributed by atoms with Crippen molar-refractivity contribution in [3.05, 3.63) is 45.9 Å². The number of nitrogens with zero attached hydrogens (tertiary/aromatic N) is 2. The second-order valence-corrected chi connectivity index (χ2v) is 4.75. The monoisotopic (exact) mass is 267 g/mol. The maximum absolute atomic E-state index is 6.17. The first-order chi connectivity index (χ1) is 8.31. The molecule has 90 valence electrons. The summed E-state index contributed by atoms with van der Waals surface area (Å²) in [5.41, 5.74) is 2.12. The highest BCUT2D eigenvalue weighted by Gasteiger charge is 2.15. The summed E-state index contributed by atoms with van der Waals surface area (Å²) >= 11 is 7.54. The van der Waals surface area contributed by atoms with Gasteiger partial charge in [0.15, 0.2) is 0 Å². The molecule has 5 heteroatoms. The molecular formula is C12H14ClN3S. The summed E-state index contributed by atoms with van der Waals surface area (Å²) in [6, 6.07) is 8.09. The maximum atomic E-state index is 6.17. The van der Waals surface area contributed by atoms with Crippen LogP contribution in [0, 0.1) is 0 Å². The van der Waals surface area contributed by atoms with Crippen LogP contribution < -0.4 is 5.32 Å². The third kappa shape index (κ3) is 3.25. The lowest BCUT2D eigenvalue weighted by Gasteiger charge is -2.15. The lowest BCUT2D eigenvalue weighted by atomic mass is 10.0. The fourth-order valence-corrected chi connectivity index (χ4v) is 2.46. The van der Waals surface area contributed by atoms with E-state index in [1.807, 2.05) is 29.6 Å². The molecule has 2 rings (SSSR count). The number of hydrogen-bond donors (Lipinski definition) is 1. The van der Waals surface area contributed by atoms with Gasteiger partial charge in [-0.15, -0.1) is 5.10 Å². The molecule has 1 N–H and O–H groups in total. The van der Waals surface area contributed by atoms with Gasteiger partial charge >= 0.3 is 0 Å². The summed E-state index contributed by atoms with van der Waals surface area (Å²) in [6.07, 6.45) is 0.832. The highest BCUT2D eigenvalue weighted by atomic mass is 35.5. The zero-order valence-electron chi connectivity index (χ0n) is 9.56. The second-order valence-electron chi connectivity index (χ2n) is 3.74. The van der Waals surface area contributed by atoms with Crippen molar-refractivity contribution in [3.63, 3.8) is 0 Å². The number of aromatic nitrogens is 2. The van der Waals surface area contributed by atoms with Crippen molar-refractivity contribution in [3.8, 4) is 0 Å². The van der Waals surface area contributed by atoms with E-state index in [0.29, 0.717) is 0 Å². The molecule has 0 aliphatic carbocycles. The molecule has 2 aromatic rings. The van der Waals surface area contributed by atoms with Crippen molar-refractivity contribution in [1.82, 2.24) is 14.9 Å². The fraction of sp³-hybridized carbons (Fsp3) is 0.333. The van der Waals surface area contributed by atoms with Gasteiger partial charge in [-0.3, -0.25) is 0 Å². The topological polar surface area (TPSA) is 37.8 Å². The number of nitrogens with one attached hydrogen (secondary N) is 1. The van der Waals surface area contributed by atoms with Gasteiger partial charge in [-0.1, -0.05) is 41.2 Å². The summed E-state index contributed by atoms with van der Waals surface area (Å²) in [6.45, 7) is 2.98. The highest BCUT2D eigenvalue weighted by molar-refractivity contribution is 7.03. The summed E-state index contributed by atoms with van der Waals surface area (Å²) in [5, 5.41) is 10.3. The van der Waals surface area contributed by atoms with E-state index in [9.17, 15) is 0 Å². The zero-order chi connectivity index (χ0) is 12.1. The maximum Gasteiger partial charge on any atom is 0.0928 e. The predicted octanol–water partition coefficient (Wildman–Crippen LogP) is 3.08. The first-order valence-corrected chi connectivity index (χ1v) is 6.76. The third-order valence-corrected chi connectivity index (χ3v) is 3.46. The molecule has 3 nitrogen and oxygen atoms in total. The van der Waals surface area contributed by atoms with E-state index in [1.165, 1.54) is 11.5 Å². The van der Waals surface area contributed by atoms with Gasteiger partial charge < -0.3 is 5.32 Å². The zero-order valence-corrected chi connectivity index (χ0v) is 11.1.